The number of ether oxygens (including phenoxy) is 1. The van der Waals surface area contributed by atoms with Crippen LogP contribution in [0.15, 0.2) is 54.6 Å². The highest BCUT2D eigenvalue weighted by Crippen LogP contribution is 2.12. The lowest BCUT2D eigenvalue weighted by Crippen LogP contribution is -2.25. The maximum absolute atomic E-state index is 11.9. The summed E-state index contributed by atoms with van der Waals surface area (Å²) in [5.41, 5.74) is 0.882. The number of amides is 1. The summed E-state index contributed by atoms with van der Waals surface area (Å²) in [5.74, 6) is -0.340. The number of benzene rings is 1. The van der Waals surface area contributed by atoms with Gasteiger partial charge in [0.15, 0.2) is 0 Å². The van der Waals surface area contributed by atoms with Gasteiger partial charge in [0.05, 0.1) is 7.11 Å². The molecule has 0 aliphatic carbocycles. The molecule has 0 N–H and O–H groups in total. The van der Waals surface area contributed by atoms with Gasteiger partial charge in [0.1, 0.15) is 0 Å². The van der Waals surface area contributed by atoms with Crippen molar-refractivity contribution in [3.63, 3.8) is 0 Å². The number of rotatable bonds is 6. The minimum Gasteiger partial charge on any atom is -0.466 e. The van der Waals surface area contributed by atoms with Crippen molar-refractivity contribution in [2.45, 2.75) is 12.8 Å². The Kier molecular flexibility index (Phi) is 6.82. The Balaban J connectivity index is 2.35. The second kappa shape index (κ2) is 8.69. The van der Waals surface area contributed by atoms with Crippen LogP contribution in [0.3, 0.4) is 0 Å². The molecule has 0 aliphatic rings. The first-order chi connectivity index (χ1) is 9.65. The van der Waals surface area contributed by atoms with E-state index in [2.05, 4.69) is 4.74 Å². The van der Waals surface area contributed by atoms with Gasteiger partial charge in [0.2, 0.25) is 5.91 Å². The van der Waals surface area contributed by atoms with E-state index in [0.717, 1.165) is 5.69 Å². The molecule has 0 atom stereocenters. The Hall–Kier alpha value is -2.36. The van der Waals surface area contributed by atoms with Crippen molar-refractivity contribution in [2.75, 3.05) is 19.1 Å². The van der Waals surface area contributed by atoms with Crippen molar-refractivity contribution < 1.29 is 14.3 Å². The van der Waals surface area contributed by atoms with Crippen molar-refractivity contribution in [2.24, 2.45) is 0 Å². The van der Waals surface area contributed by atoms with Crippen LogP contribution in [0.5, 0.6) is 0 Å². The number of anilines is 1. The van der Waals surface area contributed by atoms with Crippen molar-refractivity contribution in [3.05, 3.63) is 54.6 Å². The fraction of sp³-hybridized carbons (Fsp3) is 0.250. The van der Waals surface area contributed by atoms with Crippen LogP contribution in [0.2, 0.25) is 0 Å². The highest BCUT2D eigenvalue weighted by Gasteiger charge is 2.08. The lowest BCUT2D eigenvalue weighted by atomic mass is 10.2. The van der Waals surface area contributed by atoms with E-state index in [-0.39, 0.29) is 5.91 Å². The van der Waals surface area contributed by atoms with E-state index in [4.69, 9.17) is 0 Å². The largest absolute Gasteiger partial charge is 0.466 e. The van der Waals surface area contributed by atoms with E-state index in [0.29, 0.717) is 12.8 Å². The maximum Gasteiger partial charge on any atom is 0.330 e. The van der Waals surface area contributed by atoms with Gasteiger partial charge in [-0.05, 0) is 18.6 Å². The summed E-state index contributed by atoms with van der Waals surface area (Å²) in [7, 11) is 3.09. The van der Waals surface area contributed by atoms with E-state index in [1.54, 1.807) is 24.1 Å². The number of para-hydroxylation sites is 1. The van der Waals surface area contributed by atoms with Crippen LogP contribution in [0.25, 0.3) is 0 Å². The summed E-state index contributed by atoms with van der Waals surface area (Å²) in [6.45, 7) is 0. The van der Waals surface area contributed by atoms with Crippen LogP contribution in [0, 0.1) is 0 Å². The molecule has 1 amide bonds. The van der Waals surface area contributed by atoms with E-state index >= 15 is 0 Å². The highest BCUT2D eigenvalue weighted by atomic mass is 16.5. The SMILES string of the molecule is COC(=O)C=CC=CCCC(=O)N(C)c1ccccc1. The zero-order valence-corrected chi connectivity index (χ0v) is 11.8. The Bertz CT molecular complexity index is 492. The Morgan fingerprint density at radius 2 is 1.90 bits per heavy atom. The highest BCUT2D eigenvalue weighted by molar-refractivity contribution is 5.92. The van der Waals surface area contributed by atoms with Crippen LogP contribution < -0.4 is 4.90 Å². The number of allylic oxidation sites excluding steroid dienone is 3. The Labute approximate surface area is 119 Å². The van der Waals surface area contributed by atoms with Gasteiger partial charge in [-0.25, -0.2) is 4.79 Å². The monoisotopic (exact) mass is 273 g/mol. The first kappa shape index (κ1) is 15.7. The third kappa shape index (κ3) is 5.52. The number of methoxy groups -OCH3 is 1. The fourth-order valence-electron chi connectivity index (χ4n) is 1.55. The standard InChI is InChI=1S/C16H19NO3/c1-17(14-10-6-5-7-11-14)15(18)12-8-3-4-9-13-16(19)20-2/h3-7,9-11,13H,8,12H2,1-2H3. The van der Waals surface area contributed by atoms with Crippen LogP contribution >= 0.6 is 0 Å². The molecule has 0 radical (unpaired) electrons. The molecule has 0 aliphatic heterocycles. The zero-order valence-electron chi connectivity index (χ0n) is 11.8. The third-order valence-corrected chi connectivity index (χ3v) is 2.72. The number of nitrogens with zero attached hydrogens (tertiary/aromatic N) is 1. The fourth-order valence-corrected chi connectivity index (χ4v) is 1.55. The minimum absolute atomic E-state index is 0.0535. The quantitative estimate of drug-likeness (QED) is 0.455. The molecule has 0 heterocycles. The van der Waals surface area contributed by atoms with Crippen LogP contribution in [0.4, 0.5) is 5.69 Å². The number of esters is 1. The predicted molar refractivity (Wildman–Crippen MR) is 79.4 cm³/mol. The Morgan fingerprint density at radius 1 is 1.20 bits per heavy atom. The minimum atomic E-state index is -0.394. The third-order valence-electron chi connectivity index (χ3n) is 2.72. The van der Waals surface area contributed by atoms with Gasteiger partial charge < -0.3 is 9.64 Å². The molecule has 0 saturated heterocycles. The first-order valence-electron chi connectivity index (χ1n) is 6.38. The van der Waals surface area contributed by atoms with Crippen molar-refractivity contribution in [1.29, 1.82) is 0 Å². The summed E-state index contributed by atoms with van der Waals surface area (Å²) < 4.78 is 4.46. The van der Waals surface area contributed by atoms with Crippen LogP contribution in [0.1, 0.15) is 12.8 Å². The summed E-state index contributed by atoms with van der Waals surface area (Å²) in [5, 5.41) is 0. The second-order valence-corrected chi connectivity index (χ2v) is 4.14. The van der Waals surface area contributed by atoms with Gasteiger partial charge in [-0.1, -0.05) is 36.4 Å². The molecule has 0 unspecified atom stereocenters. The lowest BCUT2D eigenvalue weighted by molar-refractivity contribution is -0.134. The van der Waals surface area contributed by atoms with E-state index in [1.807, 2.05) is 36.4 Å². The number of carbonyl (C=O) groups is 2. The van der Waals surface area contributed by atoms with Gasteiger partial charge >= 0.3 is 5.97 Å². The first-order valence-corrected chi connectivity index (χ1v) is 6.38. The molecular weight excluding hydrogens is 254 g/mol. The normalized spacial score (nSPS) is 10.9. The second-order valence-electron chi connectivity index (χ2n) is 4.14. The van der Waals surface area contributed by atoms with Gasteiger partial charge in [0.25, 0.3) is 0 Å². The number of carbonyl (C=O) groups excluding carboxylic acids is 2. The predicted octanol–water partition coefficient (Wildman–Crippen LogP) is 2.72. The maximum atomic E-state index is 11.9. The van der Waals surface area contributed by atoms with E-state index in [1.165, 1.54) is 13.2 Å². The van der Waals surface area contributed by atoms with E-state index < -0.39 is 5.97 Å². The number of hydrogen-bond acceptors (Lipinski definition) is 3. The molecule has 4 heteroatoms. The average Bonchev–Trinajstić information content (AvgIpc) is 2.50. The lowest BCUT2D eigenvalue weighted by Gasteiger charge is -2.16. The average molecular weight is 273 g/mol. The van der Waals surface area contributed by atoms with Gasteiger partial charge in [-0.2, -0.15) is 0 Å². The Morgan fingerprint density at radius 3 is 2.55 bits per heavy atom. The summed E-state index contributed by atoms with van der Waals surface area (Å²) in [6, 6.07) is 9.51. The molecule has 0 saturated carbocycles. The smallest absolute Gasteiger partial charge is 0.330 e. The summed E-state index contributed by atoms with van der Waals surface area (Å²) in [4.78, 5) is 24.4. The van der Waals surface area contributed by atoms with Gasteiger partial charge in [-0.15, -0.1) is 0 Å². The summed E-state index contributed by atoms with van der Waals surface area (Å²) >= 11 is 0. The molecule has 4 nitrogen and oxygen atoms in total. The van der Waals surface area contributed by atoms with Gasteiger partial charge in [-0.3, -0.25) is 4.79 Å². The molecule has 0 bridgehead atoms. The van der Waals surface area contributed by atoms with Crippen LogP contribution in [-0.4, -0.2) is 26.0 Å². The summed E-state index contributed by atoms with van der Waals surface area (Å²) in [6.07, 6.45) is 7.55. The van der Waals surface area contributed by atoms with Gasteiger partial charge in [0, 0.05) is 25.2 Å². The molecule has 0 spiro atoms. The number of hydrogen-bond donors (Lipinski definition) is 0. The van der Waals surface area contributed by atoms with E-state index in [9.17, 15) is 9.59 Å². The van der Waals surface area contributed by atoms with Crippen molar-refractivity contribution in [1.82, 2.24) is 0 Å². The zero-order chi connectivity index (χ0) is 14.8. The molecule has 0 aromatic heterocycles. The molecule has 1 rings (SSSR count). The molecule has 1 aromatic carbocycles. The molecule has 20 heavy (non-hydrogen) atoms. The molecular formula is C16H19NO3. The van der Waals surface area contributed by atoms with Crippen molar-refractivity contribution >= 4 is 17.6 Å². The molecule has 106 valence electrons. The topological polar surface area (TPSA) is 46.6 Å². The molecule has 0 fully saturated rings. The van der Waals surface area contributed by atoms with Crippen molar-refractivity contribution in [3.8, 4) is 0 Å². The molecule has 1 aromatic rings. The van der Waals surface area contributed by atoms with Crippen LogP contribution in [-0.2, 0) is 14.3 Å².